The molecular formula is C12H14FN3OS2. The lowest BCUT2D eigenvalue weighted by atomic mass is 10.2. The molecule has 0 aliphatic heterocycles. The summed E-state index contributed by atoms with van der Waals surface area (Å²) in [7, 11) is 1.65. The van der Waals surface area contributed by atoms with Gasteiger partial charge in [-0.1, -0.05) is 11.8 Å². The number of hydrogen-bond acceptors (Lipinski definition) is 6. The van der Waals surface area contributed by atoms with Crippen molar-refractivity contribution >= 4 is 23.3 Å². The molecule has 2 rings (SSSR count). The van der Waals surface area contributed by atoms with Gasteiger partial charge in [0.25, 0.3) is 0 Å². The van der Waals surface area contributed by atoms with Crippen LogP contribution in [0.15, 0.2) is 33.8 Å². The number of nitrogens with one attached hydrogen (secondary N) is 1. The van der Waals surface area contributed by atoms with Crippen molar-refractivity contribution in [3.63, 3.8) is 0 Å². The third-order valence-corrected chi connectivity index (χ3v) is 4.19. The normalized spacial score (nSPS) is 10.8. The smallest absolute Gasteiger partial charge is 0.174 e. The highest BCUT2D eigenvalue weighted by Crippen LogP contribution is 2.31. The Bertz CT molecular complexity index is 508. The van der Waals surface area contributed by atoms with Gasteiger partial charge in [-0.3, -0.25) is 0 Å². The lowest BCUT2D eigenvalue weighted by molar-refractivity contribution is 0.199. The Balaban J connectivity index is 2.04. The van der Waals surface area contributed by atoms with Crippen molar-refractivity contribution in [2.45, 2.75) is 15.8 Å². The van der Waals surface area contributed by atoms with Gasteiger partial charge < -0.3 is 10.1 Å². The van der Waals surface area contributed by atoms with Crippen LogP contribution in [0.1, 0.15) is 5.56 Å². The van der Waals surface area contributed by atoms with Crippen LogP contribution in [0, 0.1) is 5.82 Å². The molecule has 0 atom stereocenters. The van der Waals surface area contributed by atoms with Gasteiger partial charge in [0.15, 0.2) is 4.34 Å². The van der Waals surface area contributed by atoms with Gasteiger partial charge in [0.1, 0.15) is 12.1 Å². The quantitative estimate of drug-likeness (QED) is 0.796. The number of rotatable bonds is 7. The number of methoxy groups -OCH3 is 1. The SMILES string of the molecule is COCCNCc1cc(F)ccc1Sc1ncns1. The summed E-state index contributed by atoms with van der Waals surface area (Å²) in [6, 6.07) is 4.78. The summed E-state index contributed by atoms with van der Waals surface area (Å²) >= 11 is 2.83. The first-order valence-electron chi connectivity index (χ1n) is 5.72. The standard InChI is InChI=1S/C12H14FN3OS2/c1-17-5-4-14-7-9-6-10(13)2-3-11(9)18-12-15-8-16-19-12/h2-3,6,8,14H,4-5,7H2,1H3. The molecule has 1 heterocycles. The molecule has 0 aliphatic carbocycles. The van der Waals surface area contributed by atoms with Crippen LogP contribution in [0.25, 0.3) is 0 Å². The Morgan fingerprint density at radius 3 is 3.11 bits per heavy atom. The van der Waals surface area contributed by atoms with E-state index in [4.69, 9.17) is 4.74 Å². The van der Waals surface area contributed by atoms with Crippen LogP contribution in [0.3, 0.4) is 0 Å². The summed E-state index contributed by atoms with van der Waals surface area (Å²) in [5.74, 6) is -0.231. The first-order valence-corrected chi connectivity index (χ1v) is 7.31. The molecule has 0 spiro atoms. The van der Waals surface area contributed by atoms with Crippen LogP contribution in [0.5, 0.6) is 0 Å². The number of halogens is 1. The molecule has 1 N–H and O–H groups in total. The van der Waals surface area contributed by atoms with Crippen molar-refractivity contribution in [2.75, 3.05) is 20.3 Å². The Morgan fingerprint density at radius 1 is 1.47 bits per heavy atom. The van der Waals surface area contributed by atoms with Crippen LogP contribution in [-0.4, -0.2) is 29.6 Å². The van der Waals surface area contributed by atoms with E-state index in [1.54, 1.807) is 19.2 Å². The number of nitrogens with zero attached hydrogens (tertiary/aromatic N) is 2. The molecular weight excluding hydrogens is 285 g/mol. The van der Waals surface area contributed by atoms with Gasteiger partial charge in [0.2, 0.25) is 0 Å². The molecule has 0 radical (unpaired) electrons. The van der Waals surface area contributed by atoms with Gasteiger partial charge >= 0.3 is 0 Å². The first-order chi connectivity index (χ1) is 9.29. The van der Waals surface area contributed by atoms with Crippen molar-refractivity contribution in [1.29, 1.82) is 0 Å². The van der Waals surface area contributed by atoms with Gasteiger partial charge in [0.05, 0.1) is 6.61 Å². The number of hydrogen-bond donors (Lipinski definition) is 1. The maximum atomic E-state index is 13.3. The fourth-order valence-electron chi connectivity index (χ4n) is 1.49. The zero-order chi connectivity index (χ0) is 13.5. The second-order valence-corrected chi connectivity index (χ2v) is 5.80. The predicted molar refractivity (Wildman–Crippen MR) is 74.0 cm³/mol. The monoisotopic (exact) mass is 299 g/mol. The number of benzene rings is 1. The predicted octanol–water partition coefficient (Wildman–Crippen LogP) is 2.56. The molecule has 1 aromatic carbocycles. The third kappa shape index (κ3) is 4.54. The molecule has 19 heavy (non-hydrogen) atoms. The average Bonchev–Trinajstić information content (AvgIpc) is 2.90. The highest BCUT2D eigenvalue weighted by atomic mass is 32.2. The highest BCUT2D eigenvalue weighted by molar-refractivity contribution is 8.01. The second-order valence-electron chi connectivity index (χ2n) is 3.73. The van der Waals surface area contributed by atoms with E-state index in [2.05, 4.69) is 14.7 Å². The summed E-state index contributed by atoms with van der Waals surface area (Å²) in [6.07, 6.45) is 1.52. The van der Waals surface area contributed by atoms with Gasteiger partial charge in [-0.15, -0.1) is 0 Å². The lowest BCUT2D eigenvalue weighted by Gasteiger charge is -2.09. The van der Waals surface area contributed by atoms with Gasteiger partial charge in [-0.2, -0.15) is 4.37 Å². The zero-order valence-electron chi connectivity index (χ0n) is 10.4. The van der Waals surface area contributed by atoms with Crippen molar-refractivity contribution in [3.8, 4) is 0 Å². The van der Waals surface area contributed by atoms with Crippen LogP contribution < -0.4 is 5.32 Å². The Hall–Kier alpha value is -1.02. The molecule has 0 bridgehead atoms. The van der Waals surface area contributed by atoms with Crippen LogP contribution >= 0.6 is 23.3 Å². The van der Waals surface area contributed by atoms with Gasteiger partial charge in [-0.05, 0) is 35.3 Å². The molecule has 4 nitrogen and oxygen atoms in total. The van der Waals surface area contributed by atoms with E-state index in [-0.39, 0.29) is 5.82 Å². The van der Waals surface area contributed by atoms with E-state index in [1.165, 1.54) is 35.7 Å². The molecule has 0 saturated heterocycles. The summed E-state index contributed by atoms with van der Waals surface area (Å²) in [6.45, 7) is 1.96. The average molecular weight is 299 g/mol. The number of ether oxygens (including phenoxy) is 1. The maximum absolute atomic E-state index is 13.3. The van der Waals surface area contributed by atoms with Crippen molar-refractivity contribution < 1.29 is 9.13 Å². The summed E-state index contributed by atoms with van der Waals surface area (Å²) in [5, 5.41) is 3.21. The van der Waals surface area contributed by atoms with Crippen molar-refractivity contribution in [2.24, 2.45) is 0 Å². The lowest BCUT2D eigenvalue weighted by Crippen LogP contribution is -2.19. The molecule has 0 aliphatic rings. The minimum Gasteiger partial charge on any atom is -0.383 e. The van der Waals surface area contributed by atoms with Crippen molar-refractivity contribution in [1.82, 2.24) is 14.7 Å². The Labute approximate surface area is 119 Å². The Morgan fingerprint density at radius 2 is 2.37 bits per heavy atom. The van der Waals surface area contributed by atoms with E-state index in [1.807, 2.05) is 0 Å². The molecule has 0 unspecified atom stereocenters. The molecule has 0 saturated carbocycles. The molecule has 7 heteroatoms. The largest absolute Gasteiger partial charge is 0.383 e. The fourth-order valence-corrected chi connectivity index (χ4v) is 3.00. The second kappa shape index (κ2) is 7.54. The van der Waals surface area contributed by atoms with E-state index in [0.29, 0.717) is 13.2 Å². The van der Waals surface area contributed by atoms with E-state index >= 15 is 0 Å². The summed E-state index contributed by atoms with van der Waals surface area (Å²) < 4.78 is 23.1. The molecule has 0 amide bonds. The molecule has 102 valence electrons. The van der Waals surface area contributed by atoms with Gasteiger partial charge in [-0.25, -0.2) is 9.37 Å². The van der Waals surface area contributed by atoms with Gasteiger partial charge in [0, 0.05) is 25.1 Å². The van der Waals surface area contributed by atoms with E-state index in [0.717, 1.165) is 21.3 Å². The fraction of sp³-hybridized carbons (Fsp3) is 0.333. The van der Waals surface area contributed by atoms with E-state index in [9.17, 15) is 4.39 Å². The number of aromatic nitrogens is 2. The van der Waals surface area contributed by atoms with Crippen LogP contribution in [-0.2, 0) is 11.3 Å². The molecule has 2 aromatic rings. The van der Waals surface area contributed by atoms with Crippen LogP contribution in [0.2, 0.25) is 0 Å². The highest BCUT2D eigenvalue weighted by Gasteiger charge is 2.08. The minimum atomic E-state index is -0.231. The zero-order valence-corrected chi connectivity index (χ0v) is 12.1. The molecule has 1 aromatic heterocycles. The third-order valence-electron chi connectivity index (χ3n) is 2.36. The summed E-state index contributed by atoms with van der Waals surface area (Å²) in [5.41, 5.74) is 0.913. The van der Waals surface area contributed by atoms with Crippen LogP contribution in [0.4, 0.5) is 4.39 Å². The molecule has 0 fully saturated rings. The van der Waals surface area contributed by atoms with E-state index < -0.39 is 0 Å². The summed E-state index contributed by atoms with van der Waals surface area (Å²) in [4.78, 5) is 5.11. The first kappa shape index (κ1) is 14.4. The topological polar surface area (TPSA) is 47.0 Å². The maximum Gasteiger partial charge on any atom is 0.174 e. The Kier molecular flexibility index (Phi) is 5.71. The van der Waals surface area contributed by atoms with Crippen molar-refractivity contribution in [3.05, 3.63) is 35.9 Å². The minimum absolute atomic E-state index is 0.231.